The molecule has 5 rings (SSSR count). The Hall–Kier alpha value is -2.96. The monoisotopic (exact) mass is 514 g/mol. The number of nitrogens with zero attached hydrogens (tertiary/aromatic N) is 6. The number of thiazole rings is 1. The van der Waals surface area contributed by atoms with Crippen molar-refractivity contribution in [1.82, 2.24) is 25.1 Å². The van der Waals surface area contributed by atoms with Crippen LogP contribution in [-0.2, 0) is 16.8 Å². The van der Waals surface area contributed by atoms with Crippen molar-refractivity contribution in [2.75, 3.05) is 24.6 Å². The maximum absolute atomic E-state index is 11.0. The van der Waals surface area contributed by atoms with Crippen molar-refractivity contribution in [1.29, 1.82) is 0 Å². The number of aromatic nitrogens is 5. The summed E-state index contributed by atoms with van der Waals surface area (Å²) in [5, 5.41) is 4.67. The standard InChI is InChI=1S/C23H26N6O4S2/c1-14(2)20-27-22(33-28-20)29-9-7-15(8-10-29)12-32-23-26-19-6-5-18(25-21(19)34-23)16-3-4-17(24-11-16)13-35(30)31/h3-6,11,14-15H,7-10,12-13H2,1-2H3,(H,30,31). The molecule has 4 aromatic rings. The molecule has 1 saturated heterocycles. The normalized spacial score (nSPS) is 15.7. The molecule has 184 valence electrons. The first-order chi connectivity index (χ1) is 16.9. The number of hydrogen-bond acceptors (Lipinski definition) is 10. The molecule has 1 atom stereocenters. The Morgan fingerprint density at radius 1 is 1.20 bits per heavy atom. The lowest BCUT2D eigenvalue weighted by Gasteiger charge is -2.30. The first-order valence-corrected chi connectivity index (χ1v) is 13.6. The van der Waals surface area contributed by atoms with Crippen LogP contribution in [0.4, 0.5) is 6.01 Å². The van der Waals surface area contributed by atoms with Crippen molar-refractivity contribution in [3.8, 4) is 16.5 Å². The third kappa shape index (κ3) is 5.65. The van der Waals surface area contributed by atoms with Crippen LogP contribution < -0.4 is 9.64 Å². The van der Waals surface area contributed by atoms with Crippen molar-refractivity contribution >= 4 is 38.8 Å². The van der Waals surface area contributed by atoms with Crippen LogP contribution in [0, 0.1) is 5.92 Å². The zero-order valence-corrected chi connectivity index (χ0v) is 21.1. The van der Waals surface area contributed by atoms with E-state index in [-0.39, 0.29) is 11.7 Å². The zero-order chi connectivity index (χ0) is 24.4. The van der Waals surface area contributed by atoms with Gasteiger partial charge in [-0.05, 0) is 43.0 Å². The van der Waals surface area contributed by atoms with Gasteiger partial charge >= 0.3 is 6.01 Å². The molecule has 1 N–H and O–H groups in total. The van der Waals surface area contributed by atoms with E-state index >= 15 is 0 Å². The molecule has 0 aromatic carbocycles. The second kappa shape index (κ2) is 10.3. The third-order valence-corrected chi connectivity index (χ3v) is 7.32. The van der Waals surface area contributed by atoms with Crippen LogP contribution in [0.5, 0.6) is 5.19 Å². The highest BCUT2D eigenvalue weighted by Gasteiger charge is 2.24. The molecule has 0 amide bonds. The Morgan fingerprint density at radius 3 is 2.71 bits per heavy atom. The summed E-state index contributed by atoms with van der Waals surface area (Å²) < 4.78 is 31.4. The van der Waals surface area contributed by atoms with Crippen molar-refractivity contribution in [3.63, 3.8) is 0 Å². The topological polar surface area (TPSA) is 127 Å². The van der Waals surface area contributed by atoms with E-state index in [1.54, 1.807) is 12.3 Å². The summed E-state index contributed by atoms with van der Waals surface area (Å²) >= 11 is -0.483. The maximum atomic E-state index is 11.0. The summed E-state index contributed by atoms with van der Waals surface area (Å²) in [5.74, 6) is 1.44. The second-order valence-corrected chi connectivity index (χ2v) is 10.7. The average Bonchev–Trinajstić information content (AvgIpc) is 3.50. The van der Waals surface area contributed by atoms with Crippen molar-refractivity contribution < 1.29 is 18.0 Å². The van der Waals surface area contributed by atoms with Gasteiger partial charge in [0.1, 0.15) is 10.3 Å². The molecule has 0 radical (unpaired) electrons. The van der Waals surface area contributed by atoms with E-state index in [9.17, 15) is 4.21 Å². The number of piperidine rings is 1. The summed E-state index contributed by atoms with van der Waals surface area (Å²) in [6, 6.07) is 8.01. The van der Waals surface area contributed by atoms with E-state index in [1.165, 1.54) is 11.3 Å². The number of fused-ring (bicyclic) bond motifs is 1. The highest BCUT2D eigenvalue weighted by Crippen LogP contribution is 2.30. The van der Waals surface area contributed by atoms with Crippen LogP contribution >= 0.6 is 11.3 Å². The van der Waals surface area contributed by atoms with Gasteiger partial charge in [-0.3, -0.25) is 4.98 Å². The van der Waals surface area contributed by atoms with Crippen LogP contribution in [0.15, 0.2) is 35.0 Å². The molecule has 0 spiro atoms. The maximum Gasteiger partial charge on any atom is 0.324 e. The SMILES string of the molecule is CC(C)c1noc(N2CCC(COc3nc4ccc(-c5ccc(CS(=O)O)nc5)nc4s3)CC2)n1. The highest BCUT2D eigenvalue weighted by atomic mass is 32.2. The molecule has 10 nitrogen and oxygen atoms in total. The van der Waals surface area contributed by atoms with Gasteiger partial charge in [-0.2, -0.15) is 4.98 Å². The number of pyridine rings is 2. The fourth-order valence-electron chi connectivity index (χ4n) is 3.88. The fourth-order valence-corrected chi connectivity index (χ4v) is 5.10. The zero-order valence-electron chi connectivity index (χ0n) is 19.5. The molecule has 12 heteroatoms. The number of hydrogen-bond donors (Lipinski definition) is 1. The minimum absolute atomic E-state index is 0.0112. The largest absolute Gasteiger partial charge is 0.470 e. The van der Waals surface area contributed by atoms with Gasteiger partial charge < -0.3 is 18.7 Å². The molecular weight excluding hydrogens is 488 g/mol. The van der Waals surface area contributed by atoms with Gasteiger partial charge in [-0.1, -0.05) is 30.3 Å². The number of ether oxygens (including phenoxy) is 1. The average molecular weight is 515 g/mol. The molecule has 0 aliphatic carbocycles. The fraction of sp³-hybridized carbons (Fsp3) is 0.435. The minimum atomic E-state index is -1.91. The van der Waals surface area contributed by atoms with Gasteiger partial charge in [0.25, 0.3) is 5.19 Å². The van der Waals surface area contributed by atoms with Crippen LogP contribution in [0.25, 0.3) is 21.6 Å². The molecule has 1 fully saturated rings. The van der Waals surface area contributed by atoms with Crippen LogP contribution in [-0.4, -0.2) is 53.6 Å². The lowest BCUT2D eigenvalue weighted by atomic mass is 9.98. The Bertz CT molecular complexity index is 1320. The van der Waals surface area contributed by atoms with Gasteiger partial charge in [0.2, 0.25) is 0 Å². The molecule has 0 bridgehead atoms. The van der Waals surface area contributed by atoms with E-state index in [0.29, 0.717) is 29.4 Å². The molecular formula is C23H26N6O4S2. The predicted octanol–water partition coefficient (Wildman–Crippen LogP) is 4.28. The van der Waals surface area contributed by atoms with E-state index in [4.69, 9.17) is 18.8 Å². The highest BCUT2D eigenvalue weighted by molar-refractivity contribution is 7.78. The van der Waals surface area contributed by atoms with Gasteiger partial charge in [0.05, 0.1) is 23.7 Å². The van der Waals surface area contributed by atoms with Crippen LogP contribution in [0.1, 0.15) is 44.1 Å². The quantitative estimate of drug-likeness (QED) is 0.340. The lowest BCUT2D eigenvalue weighted by molar-refractivity contribution is 0.219. The Kier molecular flexibility index (Phi) is 7.02. The van der Waals surface area contributed by atoms with E-state index in [1.807, 2.05) is 18.2 Å². The molecule has 1 aliphatic heterocycles. The van der Waals surface area contributed by atoms with Gasteiger partial charge in [0.15, 0.2) is 16.9 Å². The van der Waals surface area contributed by atoms with Gasteiger partial charge in [0, 0.05) is 30.8 Å². The van der Waals surface area contributed by atoms with E-state index in [2.05, 4.69) is 38.9 Å². The van der Waals surface area contributed by atoms with Gasteiger partial charge in [-0.25, -0.2) is 14.2 Å². The molecule has 5 heterocycles. The second-order valence-electron chi connectivity index (χ2n) is 8.84. The lowest BCUT2D eigenvalue weighted by Crippen LogP contribution is -2.35. The third-order valence-electron chi connectivity index (χ3n) is 5.90. The molecule has 1 unspecified atom stereocenters. The summed E-state index contributed by atoms with van der Waals surface area (Å²) in [7, 11) is 0. The molecule has 35 heavy (non-hydrogen) atoms. The van der Waals surface area contributed by atoms with Crippen molar-refractivity contribution in [2.24, 2.45) is 5.92 Å². The van der Waals surface area contributed by atoms with Crippen molar-refractivity contribution in [3.05, 3.63) is 42.0 Å². The summed E-state index contributed by atoms with van der Waals surface area (Å²) in [5.41, 5.74) is 2.96. The predicted molar refractivity (Wildman–Crippen MR) is 134 cm³/mol. The summed E-state index contributed by atoms with van der Waals surface area (Å²) in [6.07, 6.45) is 3.64. The summed E-state index contributed by atoms with van der Waals surface area (Å²) in [4.78, 5) is 21.0. The van der Waals surface area contributed by atoms with E-state index in [0.717, 1.165) is 53.4 Å². The molecule has 1 aliphatic rings. The van der Waals surface area contributed by atoms with Crippen LogP contribution in [0.3, 0.4) is 0 Å². The first-order valence-electron chi connectivity index (χ1n) is 11.5. The first kappa shape index (κ1) is 23.8. The van der Waals surface area contributed by atoms with Gasteiger partial charge in [-0.15, -0.1) is 0 Å². The Labute approximate surface area is 209 Å². The number of rotatable bonds is 8. The van der Waals surface area contributed by atoms with Crippen LogP contribution in [0.2, 0.25) is 0 Å². The van der Waals surface area contributed by atoms with Crippen molar-refractivity contribution in [2.45, 2.75) is 38.4 Å². The Balaban J connectivity index is 1.17. The molecule has 0 saturated carbocycles. The summed E-state index contributed by atoms with van der Waals surface area (Å²) in [6.45, 7) is 6.43. The van der Waals surface area contributed by atoms with E-state index < -0.39 is 11.1 Å². The molecule has 4 aromatic heterocycles. The minimum Gasteiger partial charge on any atom is -0.470 e. The number of anilines is 1. The Morgan fingerprint density at radius 2 is 2.03 bits per heavy atom. The smallest absolute Gasteiger partial charge is 0.324 e.